The van der Waals surface area contributed by atoms with Gasteiger partial charge >= 0.3 is 0 Å². The second-order valence-corrected chi connectivity index (χ2v) is 7.55. The van der Waals surface area contributed by atoms with Crippen molar-refractivity contribution < 1.29 is 13.2 Å². The molecule has 7 heteroatoms. The minimum Gasteiger partial charge on any atom is -0.342 e. The highest BCUT2D eigenvalue weighted by Gasteiger charge is 2.24. The number of amides is 1. The SMILES string of the molecule is Cc1ccc(NC(=O)CCC2=NS(=O)(=O)c3ccccc3N2)cc1C. The van der Waals surface area contributed by atoms with Crippen molar-refractivity contribution in [1.82, 2.24) is 0 Å². The number of rotatable bonds is 4. The van der Waals surface area contributed by atoms with Gasteiger partial charge in [-0.15, -0.1) is 4.40 Å². The van der Waals surface area contributed by atoms with Gasteiger partial charge in [-0.3, -0.25) is 4.79 Å². The molecule has 0 bridgehead atoms. The number of amidine groups is 1. The number of aryl methyl sites for hydroxylation is 2. The number of carbonyl (C=O) groups is 1. The van der Waals surface area contributed by atoms with Gasteiger partial charge in [0.05, 0.1) is 5.69 Å². The second-order valence-electron chi connectivity index (χ2n) is 5.98. The van der Waals surface area contributed by atoms with Crippen molar-refractivity contribution in [2.24, 2.45) is 4.40 Å². The molecule has 0 atom stereocenters. The molecule has 2 aromatic carbocycles. The van der Waals surface area contributed by atoms with E-state index in [1.165, 1.54) is 6.07 Å². The Hall–Kier alpha value is -2.67. The average molecular weight is 357 g/mol. The predicted octanol–water partition coefficient (Wildman–Crippen LogP) is 3.24. The highest BCUT2D eigenvalue weighted by molar-refractivity contribution is 7.90. The van der Waals surface area contributed by atoms with Crippen LogP contribution in [0.15, 0.2) is 51.8 Å². The van der Waals surface area contributed by atoms with E-state index in [1.54, 1.807) is 18.2 Å². The summed E-state index contributed by atoms with van der Waals surface area (Å²) < 4.78 is 28.1. The van der Waals surface area contributed by atoms with Crippen molar-refractivity contribution in [3.63, 3.8) is 0 Å². The average Bonchev–Trinajstić information content (AvgIpc) is 2.56. The number of fused-ring (bicyclic) bond motifs is 1. The first-order chi connectivity index (χ1) is 11.8. The number of carbonyl (C=O) groups excluding carboxylic acids is 1. The maximum atomic E-state index is 12.2. The van der Waals surface area contributed by atoms with Crippen molar-refractivity contribution in [3.05, 3.63) is 53.6 Å². The summed E-state index contributed by atoms with van der Waals surface area (Å²) >= 11 is 0. The number of sulfonamides is 1. The van der Waals surface area contributed by atoms with Crippen LogP contribution in [0.1, 0.15) is 24.0 Å². The Kier molecular flexibility index (Phi) is 4.59. The summed E-state index contributed by atoms with van der Waals surface area (Å²) in [5.41, 5.74) is 3.47. The molecule has 0 aromatic heterocycles. The minimum atomic E-state index is -3.71. The molecular weight excluding hydrogens is 338 g/mol. The van der Waals surface area contributed by atoms with E-state index < -0.39 is 10.0 Å². The maximum Gasteiger partial charge on any atom is 0.286 e. The second kappa shape index (κ2) is 6.68. The van der Waals surface area contributed by atoms with E-state index in [0.29, 0.717) is 5.69 Å². The van der Waals surface area contributed by atoms with Crippen LogP contribution in [0.25, 0.3) is 0 Å². The van der Waals surface area contributed by atoms with Crippen LogP contribution in [0.2, 0.25) is 0 Å². The van der Waals surface area contributed by atoms with Gasteiger partial charge in [-0.1, -0.05) is 18.2 Å². The Morgan fingerprint density at radius 2 is 1.88 bits per heavy atom. The molecule has 3 rings (SSSR count). The van der Waals surface area contributed by atoms with Crippen molar-refractivity contribution in [2.45, 2.75) is 31.6 Å². The van der Waals surface area contributed by atoms with E-state index >= 15 is 0 Å². The van der Waals surface area contributed by atoms with Crippen molar-refractivity contribution in [2.75, 3.05) is 10.6 Å². The normalized spacial score (nSPS) is 14.9. The Balaban J connectivity index is 1.65. The lowest BCUT2D eigenvalue weighted by molar-refractivity contribution is -0.116. The molecule has 25 heavy (non-hydrogen) atoms. The molecule has 0 aliphatic carbocycles. The topological polar surface area (TPSA) is 87.6 Å². The standard InChI is InChI=1S/C18H19N3O3S/c1-12-7-8-14(11-13(12)2)19-18(22)10-9-17-20-15-5-3-4-6-16(15)25(23,24)21-17/h3-8,11H,9-10H2,1-2H3,(H,19,22)(H,20,21). The molecule has 0 saturated heterocycles. The fourth-order valence-corrected chi connectivity index (χ4v) is 3.72. The summed E-state index contributed by atoms with van der Waals surface area (Å²) in [4.78, 5) is 12.3. The van der Waals surface area contributed by atoms with Gasteiger partial charge in [0, 0.05) is 18.5 Å². The molecule has 130 valence electrons. The molecule has 0 radical (unpaired) electrons. The van der Waals surface area contributed by atoms with Crippen LogP contribution in [-0.2, 0) is 14.8 Å². The molecule has 1 heterocycles. The van der Waals surface area contributed by atoms with Gasteiger partial charge in [-0.05, 0) is 49.2 Å². The molecule has 0 fully saturated rings. The third-order valence-electron chi connectivity index (χ3n) is 4.05. The van der Waals surface area contributed by atoms with Crippen LogP contribution < -0.4 is 10.6 Å². The van der Waals surface area contributed by atoms with E-state index in [-0.39, 0.29) is 29.5 Å². The summed E-state index contributed by atoms with van der Waals surface area (Å²) in [7, 11) is -3.71. The Morgan fingerprint density at radius 1 is 1.12 bits per heavy atom. The van der Waals surface area contributed by atoms with Crippen LogP contribution in [0.5, 0.6) is 0 Å². The molecule has 6 nitrogen and oxygen atoms in total. The molecule has 1 amide bonds. The van der Waals surface area contributed by atoms with Crippen LogP contribution in [0.3, 0.4) is 0 Å². The quantitative estimate of drug-likeness (QED) is 0.879. The van der Waals surface area contributed by atoms with Crippen molar-refractivity contribution >= 4 is 33.1 Å². The first-order valence-corrected chi connectivity index (χ1v) is 9.36. The molecule has 0 spiro atoms. The van der Waals surface area contributed by atoms with Crippen LogP contribution in [-0.4, -0.2) is 20.2 Å². The minimum absolute atomic E-state index is 0.135. The smallest absolute Gasteiger partial charge is 0.286 e. The van der Waals surface area contributed by atoms with Gasteiger partial charge in [0.1, 0.15) is 10.7 Å². The van der Waals surface area contributed by atoms with E-state index in [4.69, 9.17) is 0 Å². The number of anilines is 2. The third kappa shape index (κ3) is 3.88. The highest BCUT2D eigenvalue weighted by atomic mass is 32.2. The van der Waals surface area contributed by atoms with Gasteiger partial charge in [0.25, 0.3) is 10.0 Å². The van der Waals surface area contributed by atoms with Crippen LogP contribution in [0, 0.1) is 13.8 Å². The number of nitrogens with one attached hydrogen (secondary N) is 2. The van der Waals surface area contributed by atoms with E-state index in [9.17, 15) is 13.2 Å². The van der Waals surface area contributed by atoms with Crippen molar-refractivity contribution in [3.8, 4) is 0 Å². The largest absolute Gasteiger partial charge is 0.342 e. The van der Waals surface area contributed by atoms with Gasteiger partial charge < -0.3 is 10.6 Å². The fraction of sp³-hybridized carbons (Fsp3) is 0.222. The van der Waals surface area contributed by atoms with E-state index in [2.05, 4.69) is 15.0 Å². The van der Waals surface area contributed by atoms with Gasteiger partial charge in [0.2, 0.25) is 5.91 Å². The van der Waals surface area contributed by atoms with Gasteiger partial charge in [-0.2, -0.15) is 8.42 Å². The molecular formula is C18H19N3O3S. The lowest BCUT2D eigenvalue weighted by atomic mass is 10.1. The van der Waals surface area contributed by atoms with Crippen molar-refractivity contribution in [1.29, 1.82) is 0 Å². The zero-order valence-corrected chi connectivity index (χ0v) is 14.9. The lowest BCUT2D eigenvalue weighted by Crippen LogP contribution is -2.23. The Morgan fingerprint density at radius 3 is 2.64 bits per heavy atom. The number of nitrogens with zero attached hydrogens (tertiary/aromatic N) is 1. The summed E-state index contributed by atoms with van der Waals surface area (Å²) in [5.74, 6) is 0.0814. The molecule has 2 N–H and O–H groups in total. The molecule has 0 saturated carbocycles. The summed E-state index contributed by atoms with van der Waals surface area (Å²) in [6.45, 7) is 3.99. The van der Waals surface area contributed by atoms with E-state index in [0.717, 1.165) is 16.8 Å². The molecule has 1 aliphatic rings. The maximum absolute atomic E-state index is 12.2. The molecule has 1 aliphatic heterocycles. The number of hydrogen-bond acceptors (Lipinski definition) is 4. The number of benzene rings is 2. The number of hydrogen-bond donors (Lipinski definition) is 2. The first-order valence-electron chi connectivity index (χ1n) is 7.92. The highest BCUT2D eigenvalue weighted by Crippen LogP contribution is 2.27. The predicted molar refractivity (Wildman–Crippen MR) is 98.5 cm³/mol. The van der Waals surface area contributed by atoms with Crippen LogP contribution >= 0.6 is 0 Å². The summed E-state index contributed by atoms with van der Waals surface area (Å²) in [5, 5.41) is 5.80. The third-order valence-corrected chi connectivity index (χ3v) is 5.43. The Labute approximate surface area is 147 Å². The van der Waals surface area contributed by atoms with Gasteiger partial charge in [0.15, 0.2) is 0 Å². The summed E-state index contributed by atoms with van der Waals surface area (Å²) in [6, 6.07) is 12.3. The fourth-order valence-electron chi connectivity index (χ4n) is 2.55. The zero-order valence-electron chi connectivity index (χ0n) is 14.0. The van der Waals surface area contributed by atoms with Gasteiger partial charge in [-0.25, -0.2) is 0 Å². The van der Waals surface area contributed by atoms with Crippen LogP contribution in [0.4, 0.5) is 11.4 Å². The molecule has 0 unspecified atom stereocenters. The summed E-state index contributed by atoms with van der Waals surface area (Å²) in [6.07, 6.45) is 0.348. The monoisotopic (exact) mass is 357 g/mol. The molecule has 2 aromatic rings. The first kappa shape index (κ1) is 17.2. The lowest BCUT2D eigenvalue weighted by Gasteiger charge is -2.17. The zero-order chi connectivity index (χ0) is 18.0. The van der Waals surface area contributed by atoms with E-state index in [1.807, 2.05) is 32.0 Å². The number of para-hydroxylation sites is 1. The Bertz CT molecular complexity index is 965.